The van der Waals surface area contributed by atoms with Crippen LogP contribution in [0.5, 0.6) is 11.5 Å². The molecule has 130 valence electrons. The molecule has 1 aromatic carbocycles. The van der Waals surface area contributed by atoms with Crippen LogP contribution in [0.3, 0.4) is 0 Å². The van der Waals surface area contributed by atoms with E-state index >= 15 is 0 Å². The number of ether oxygens (including phenoxy) is 2. The monoisotopic (exact) mass is 345 g/mol. The van der Waals surface area contributed by atoms with Gasteiger partial charge in [0, 0.05) is 27.2 Å². The third kappa shape index (κ3) is 6.85. The van der Waals surface area contributed by atoms with Gasteiger partial charge in [-0.1, -0.05) is 12.1 Å². The van der Waals surface area contributed by atoms with Crippen molar-refractivity contribution >= 4 is 16.1 Å². The molecule has 0 saturated carbocycles. The van der Waals surface area contributed by atoms with Crippen LogP contribution in [0.1, 0.15) is 6.92 Å². The van der Waals surface area contributed by atoms with Crippen LogP contribution < -0.4 is 19.5 Å². The molecular formula is C14H23N3O5S. The van der Waals surface area contributed by atoms with Gasteiger partial charge in [0.1, 0.15) is 0 Å². The van der Waals surface area contributed by atoms with Gasteiger partial charge in [0.25, 0.3) is 16.1 Å². The van der Waals surface area contributed by atoms with E-state index in [0.717, 1.165) is 4.31 Å². The number of para-hydroxylation sites is 2. The van der Waals surface area contributed by atoms with Crippen molar-refractivity contribution in [1.82, 2.24) is 14.3 Å². The number of nitrogens with zero attached hydrogens (tertiary/aromatic N) is 1. The lowest BCUT2D eigenvalue weighted by Crippen LogP contribution is -2.41. The lowest BCUT2D eigenvalue weighted by Gasteiger charge is -2.13. The fourth-order valence-electron chi connectivity index (χ4n) is 1.55. The summed E-state index contributed by atoms with van der Waals surface area (Å²) in [5.74, 6) is 0.708. The summed E-state index contributed by atoms with van der Waals surface area (Å²) in [4.78, 5) is 11.7. The molecular weight excluding hydrogens is 322 g/mol. The maximum absolute atomic E-state index is 11.7. The number of carbonyl (C=O) groups excluding carboxylic acids is 1. The van der Waals surface area contributed by atoms with Crippen molar-refractivity contribution in [2.75, 3.05) is 40.4 Å². The summed E-state index contributed by atoms with van der Waals surface area (Å²) in [6.45, 7) is 2.45. The molecule has 0 aliphatic carbocycles. The fraction of sp³-hybridized carbons (Fsp3) is 0.500. The molecule has 1 amide bonds. The summed E-state index contributed by atoms with van der Waals surface area (Å²) in [5.41, 5.74) is 0. The molecule has 0 radical (unpaired) electrons. The second kappa shape index (κ2) is 9.33. The standard InChI is InChI=1S/C14H23N3O5S/c1-4-21-12-7-5-6-8-13(12)22-11-14(18)15-9-10-16-23(19,20)17(2)3/h5-8,16H,4,9-11H2,1-3H3,(H,15,18). The smallest absolute Gasteiger partial charge is 0.278 e. The third-order valence-corrected chi connectivity index (χ3v) is 4.25. The molecule has 0 aliphatic rings. The number of benzene rings is 1. The highest BCUT2D eigenvalue weighted by molar-refractivity contribution is 7.87. The van der Waals surface area contributed by atoms with E-state index in [1.165, 1.54) is 14.1 Å². The summed E-state index contributed by atoms with van der Waals surface area (Å²) in [7, 11) is -0.637. The molecule has 23 heavy (non-hydrogen) atoms. The molecule has 1 rings (SSSR count). The van der Waals surface area contributed by atoms with Gasteiger partial charge >= 0.3 is 0 Å². The van der Waals surface area contributed by atoms with Crippen LogP contribution >= 0.6 is 0 Å². The van der Waals surface area contributed by atoms with Crippen LogP contribution in [0.15, 0.2) is 24.3 Å². The third-order valence-electron chi connectivity index (χ3n) is 2.72. The Morgan fingerprint density at radius 2 is 1.74 bits per heavy atom. The number of carbonyl (C=O) groups is 1. The van der Waals surface area contributed by atoms with Gasteiger partial charge in [0.15, 0.2) is 18.1 Å². The van der Waals surface area contributed by atoms with E-state index in [4.69, 9.17) is 9.47 Å². The zero-order valence-corrected chi connectivity index (χ0v) is 14.4. The Morgan fingerprint density at radius 3 is 2.30 bits per heavy atom. The van der Waals surface area contributed by atoms with Crippen molar-refractivity contribution in [3.8, 4) is 11.5 Å². The maximum atomic E-state index is 11.7. The van der Waals surface area contributed by atoms with Gasteiger partial charge in [-0.2, -0.15) is 12.7 Å². The minimum Gasteiger partial charge on any atom is -0.490 e. The normalized spacial score (nSPS) is 11.3. The molecule has 2 N–H and O–H groups in total. The molecule has 0 atom stereocenters. The molecule has 0 saturated heterocycles. The summed E-state index contributed by atoms with van der Waals surface area (Å²) in [5, 5.41) is 2.57. The lowest BCUT2D eigenvalue weighted by atomic mass is 10.3. The Labute approximate surface area is 136 Å². The summed E-state index contributed by atoms with van der Waals surface area (Å²) < 4.78 is 37.1. The van der Waals surface area contributed by atoms with Crippen LogP contribution in [0.4, 0.5) is 0 Å². The zero-order valence-electron chi connectivity index (χ0n) is 13.5. The summed E-state index contributed by atoms with van der Waals surface area (Å²) in [6, 6.07) is 7.07. The molecule has 0 unspecified atom stereocenters. The fourth-order valence-corrected chi connectivity index (χ4v) is 2.17. The van der Waals surface area contributed by atoms with Gasteiger partial charge in [-0.25, -0.2) is 4.72 Å². The quantitative estimate of drug-likeness (QED) is 0.581. The average Bonchev–Trinajstić information content (AvgIpc) is 2.51. The van der Waals surface area contributed by atoms with Crippen molar-refractivity contribution in [3.63, 3.8) is 0 Å². The van der Waals surface area contributed by atoms with E-state index in [1.807, 2.05) is 13.0 Å². The van der Waals surface area contributed by atoms with Crippen LogP contribution in [-0.2, 0) is 15.0 Å². The van der Waals surface area contributed by atoms with Gasteiger partial charge in [-0.3, -0.25) is 4.79 Å². The minimum absolute atomic E-state index is 0.0990. The van der Waals surface area contributed by atoms with Gasteiger partial charge in [-0.05, 0) is 19.1 Å². The van der Waals surface area contributed by atoms with Crippen LogP contribution in [-0.4, -0.2) is 59.0 Å². The van der Waals surface area contributed by atoms with Crippen molar-refractivity contribution < 1.29 is 22.7 Å². The van der Waals surface area contributed by atoms with Gasteiger partial charge in [-0.15, -0.1) is 0 Å². The predicted molar refractivity (Wildman–Crippen MR) is 86.7 cm³/mol. The van der Waals surface area contributed by atoms with Crippen molar-refractivity contribution in [2.24, 2.45) is 0 Å². The Morgan fingerprint density at radius 1 is 1.13 bits per heavy atom. The Bertz CT molecular complexity index is 604. The van der Waals surface area contributed by atoms with Gasteiger partial charge in [0.05, 0.1) is 6.61 Å². The van der Waals surface area contributed by atoms with E-state index in [0.29, 0.717) is 18.1 Å². The molecule has 1 aromatic rings. The number of hydrogen-bond acceptors (Lipinski definition) is 5. The second-order valence-corrected chi connectivity index (χ2v) is 6.67. The van der Waals surface area contributed by atoms with Crippen molar-refractivity contribution in [1.29, 1.82) is 0 Å². The molecule has 0 aliphatic heterocycles. The predicted octanol–water partition coefficient (Wildman–Crippen LogP) is -0.0237. The van der Waals surface area contributed by atoms with Crippen LogP contribution in [0, 0.1) is 0 Å². The first-order valence-corrected chi connectivity index (χ1v) is 8.59. The molecule has 0 fully saturated rings. The number of amides is 1. The van der Waals surface area contributed by atoms with Crippen LogP contribution in [0.25, 0.3) is 0 Å². The van der Waals surface area contributed by atoms with E-state index in [-0.39, 0.29) is 25.6 Å². The number of hydrogen-bond donors (Lipinski definition) is 2. The van der Waals surface area contributed by atoms with E-state index < -0.39 is 10.2 Å². The van der Waals surface area contributed by atoms with E-state index in [2.05, 4.69) is 10.0 Å². The Balaban J connectivity index is 2.33. The molecule has 0 bridgehead atoms. The van der Waals surface area contributed by atoms with Gasteiger partial charge in [0.2, 0.25) is 0 Å². The number of rotatable bonds is 10. The highest BCUT2D eigenvalue weighted by Gasteiger charge is 2.12. The second-order valence-electron chi connectivity index (χ2n) is 4.70. The molecule has 0 aromatic heterocycles. The molecule has 0 spiro atoms. The average molecular weight is 345 g/mol. The largest absolute Gasteiger partial charge is 0.490 e. The highest BCUT2D eigenvalue weighted by atomic mass is 32.2. The Hall–Kier alpha value is -1.84. The topological polar surface area (TPSA) is 97.0 Å². The van der Waals surface area contributed by atoms with E-state index in [9.17, 15) is 13.2 Å². The van der Waals surface area contributed by atoms with Gasteiger partial charge < -0.3 is 14.8 Å². The molecule has 0 heterocycles. The summed E-state index contributed by atoms with van der Waals surface area (Å²) in [6.07, 6.45) is 0. The zero-order chi connectivity index (χ0) is 17.3. The van der Waals surface area contributed by atoms with Crippen molar-refractivity contribution in [2.45, 2.75) is 6.92 Å². The van der Waals surface area contributed by atoms with Crippen LogP contribution in [0.2, 0.25) is 0 Å². The highest BCUT2D eigenvalue weighted by Crippen LogP contribution is 2.26. The SMILES string of the molecule is CCOc1ccccc1OCC(=O)NCCNS(=O)(=O)N(C)C. The van der Waals surface area contributed by atoms with E-state index in [1.54, 1.807) is 18.2 Å². The first-order valence-electron chi connectivity index (χ1n) is 7.15. The first-order chi connectivity index (χ1) is 10.9. The first kappa shape index (κ1) is 19.2. The summed E-state index contributed by atoms with van der Waals surface area (Å²) >= 11 is 0. The molecule has 9 heteroatoms. The lowest BCUT2D eigenvalue weighted by molar-refractivity contribution is -0.123. The van der Waals surface area contributed by atoms with Crippen molar-refractivity contribution in [3.05, 3.63) is 24.3 Å². The molecule has 8 nitrogen and oxygen atoms in total. The Kier molecular flexibility index (Phi) is 7.79. The minimum atomic E-state index is -3.48. The maximum Gasteiger partial charge on any atom is 0.278 e. The number of nitrogens with one attached hydrogen (secondary N) is 2.